The van der Waals surface area contributed by atoms with E-state index in [0.717, 1.165) is 19.1 Å². The molecular formula is C6H10N2O3. The van der Waals surface area contributed by atoms with Crippen molar-refractivity contribution in [2.75, 3.05) is 6.54 Å². The van der Waals surface area contributed by atoms with Crippen LogP contribution in [-0.2, 0) is 4.79 Å². The minimum Gasteiger partial charge on any atom is -0.477 e. The topological polar surface area (TPSA) is 81.9 Å². The Morgan fingerprint density at radius 2 is 2.36 bits per heavy atom. The second kappa shape index (κ2) is 2.87. The summed E-state index contributed by atoms with van der Waals surface area (Å²) in [6, 6.07) is 0. The molecule has 1 rings (SSSR count). The molecule has 0 unspecified atom stereocenters. The van der Waals surface area contributed by atoms with E-state index in [1.165, 1.54) is 0 Å². The fraction of sp³-hybridized carbons (Fsp3) is 0.667. The number of aliphatic carboxylic acids is 1. The molecule has 0 radical (unpaired) electrons. The maximum Gasteiger partial charge on any atom is 0.348 e. The van der Waals surface area contributed by atoms with Crippen LogP contribution in [0.4, 0.5) is 0 Å². The van der Waals surface area contributed by atoms with E-state index in [-0.39, 0.29) is 0 Å². The Labute approximate surface area is 63.7 Å². The van der Waals surface area contributed by atoms with Gasteiger partial charge in [0.2, 0.25) is 0 Å². The first-order valence-electron chi connectivity index (χ1n) is 3.34. The Morgan fingerprint density at radius 1 is 1.73 bits per heavy atom. The highest BCUT2D eigenvalue weighted by molar-refractivity contribution is 6.21. The van der Waals surface area contributed by atoms with E-state index in [4.69, 9.17) is 5.11 Å². The summed E-state index contributed by atoms with van der Waals surface area (Å²) < 4.78 is 0. The SMILES string of the molecule is O=C(O)C=NNCC1(O)CC1. The zero-order chi connectivity index (χ0) is 8.32. The van der Waals surface area contributed by atoms with E-state index in [1.807, 2.05) is 0 Å². The second-order valence-corrected chi connectivity index (χ2v) is 2.66. The van der Waals surface area contributed by atoms with Gasteiger partial charge in [-0.15, -0.1) is 0 Å². The summed E-state index contributed by atoms with van der Waals surface area (Å²) in [6.07, 6.45) is 2.29. The van der Waals surface area contributed by atoms with Crippen molar-refractivity contribution in [2.24, 2.45) is 5.10 Å². The van der Waals surface area contributed by atoms with Gasteiger partial charge in [0.25, 0.3) is 0 Å². The van der Waals surface area contributed by atoms with Crippen molar-refractivity contribution in [2.45, 2.75) is 18.4 Å². The maximum absolute atomic E-state index is 9.89. The molecule has 11 heavy (non-hydrogen) atoms. The summed E-state index contributed by atoms with van der Waals surface area (Å²) in [7, 11) is 0. The Hall–Kier alpha value is -1.10. The van der Waals surface area contributed by atoms with Gasteiger partial charge in [0, 0.05) is 0 Å². The first kappa shape index (κ1) is 8.00. The fourth-order valence-electron chi connectivity index (χ4n) is 0.615. The summed E-state index contributed by atoms with van der Waals surface area (Å²) >= 11 is 0. The van der Waals surface area contributed by atoms with E-state index >= 15 is 0 Å². The van der Waals surface area contributed by atoms with Crippen molar-refractivity contribution in [1.29, 1.82) is 0 Å². The standard InChI is InChI=1S/C6H10N2O3/c9-5(10)3-7-8-4-6(11)1-2-6/h3,8,11H,1-2,4H2,(H,9,10). The average molecular weight is 158 g/mol. The molecule has 0 aliphatic heterocycles. The number of aliphatic hydroxyl groups is 1. The molecule has 1 saturated carbocycles. The summed E-state index contributed by atoms with van der Waals surface area (Å²) in [4.78, 5) is 9.89. The first-order valence-corrected chi connectivity index (χ1v) is 3.34. The van der Waals surface area contributed by atoms with Crippen LogP contribution in [0.2, 0.25) is 0 Å². The van der Waals surface area contributed by atoms with E-state index in [2.05, 4.69) is 10.5 Å². The van der Waals surface area contributed by atoms with Crippen LogP contribution in [0.5, 0.6) is 0 Å². The number of nitrogens with zero attached hydrogens (tertiary/aromatic N) is 1. The molecule has 0 bridgehead atoms. The number of carbonyl (C=O) groups is 1. The normalized spacial score (nSPS) is 20.1. The van der Waals surface area contributed by atoms with Gasteiger partial charge < -0.3 is 15.6 Å². The van der Waals surface area contributed by atoms with Crippen LogP contribution in [0.25, 0.3) is 0 Å². The van der Waals surface area contributed by atoms with Gasteiger partial charge in [0.1, 0.15) is 6.21 Å². The van der Waals surface area contributed by atoms with Crippen molar-refractivity contribution in [3.63, 3.8) is 0 Å². The molecule has 3 N–H and O–H groups in total. The molecule has 1 aliphatic rings. The van der Waals surface area contributed by atoms with Crippen LogP contribution in [0.3, 0.4) is 0 Å². The maximum atomic E-state index is 9.89. The summed E-state index contributed by atoms with van der Waals surface area (Å²) in [5, 5.41) is 20.7. The zero-order valence-corrected chi connectivity index (χ0v) is 5.95. The monoisotopic (exact) mass is 158 g/mol. The lowest BCUT2D eigenvalue weighted by Gasteiger charge is -2.04. The summed E-state index contributed by atoms with van der Waals surface area (Å²) in [5.41, 5.74) is 1.83. The van der Waals surface area contributed by atoms with Gasteiger partial charge in [0.15, 0.2) is 0 Å². The van der Waals surface area contributed by atoms with Crippen molar-refractivity contribution in [3.05, 3.63) is 0 Å². The van der Waals surface area contributed by atoms with Gasteiger partial charge in [-0.05, 0) is 12.8 Å². The highest BCUT2D eigenvalue weighted by Crippen LogP contribution is 2.33. The summed E-state index contributed by atoms with van der Waals surface area (Å²) in [5.74, 6) is -1.10. The molecule has 0 atom stereocenters. The first-order chi connectivity index (χ1) is 5.12. The number of hydrogen-bond acceptors (Lipinski definition) is 4. The third-order valence-electron chi connectivity index (χ3n) is 1.50. The smallest absolute Gasteiger partial charge is 0.348 e. The van der Waals surface area contributed by atoms with Crippen molar-refractivity contribution < 1.29 is 15.0 Å². The van der Waals surface area contributed by atoms with Crippen molar-refractivity contribution >= 4 is 12.2 Å². The Kier molecular flexibility index (Phi) is 2.09. The molecule has 0 aromatic heterocycles. The van der Waals surface area contributed by atoms with Gasteiger partial charge in [0.05, 0.1) is 12.1 Å². The third-order valence-corrected chi connectivity index (χ3v) is 1.50. The van der Waals surface area contributed by atoms with Gasteiger partial charge in [-0.25, -0.2) is 4.79 Å². The highest BCUT2D eigenvalue weighted by atomic mass is 16.4. The van der Waals surface area contributed by atoms with Crippen LogP contribution in [0.15, 0.2) is 5.10 Å². The van der Waals surface area contributed by atoms with Crippen molar-refractivity contribution in [3.8, 4) is 0 Å². The van der Waals surface area contributed by atoms with Gasteiger partial charge in [-0.3, -0.25) is 0 Å². The minimum atomic E-state index is -1.10. The third kappa shape index (κ3) is 2.99. The number of nitrogens with one attached hydrogen (secondary N) is 1. The van der Waals surface area contributed by atoms with Gasteiger partial charge in [-0.2, -0.15) is 5.10 Å². The molecular weight excluding hydrogens is 148 g/mol. The number of carboxylic acids is 1. The van der Waals surface area contributed by atoms with E-state index in [0.29, 0.717) is 6.54 Å². The molecule has 5 nitrogen and oxygen atoms in total. The molecule has 5 heteroatoms. The molecule has 0 aromatic carbocycles. The second-order valence-electron chi connectivity index (χ2n) is 2.66. The molecule has 0 spiro atoms. The molecule has 1 aliphatic carbocycles. The van der Waals surface area contributed by atoms with Gasteiger partial charge >= 0.3 is 5.97 Å². The highest BCUT2D eigenvalue weighted by Gasteiger charge is 2.39. The van der Waals surface area contributed by atoms with Crippen LogP contribution >= 0.6 is 0 Å². The molecule has 0 saturated heterocycles. The zero-order valence-electron chi connectivity index (χ0n) is 5.95. The van der Waals surface area contributed by atoms with Gasteiger partial charge in [-0.1, -0.05) is 0 Å². The fourth-order valence-corrected chi connectivity index (χ4v) is 0.615. The van der Waals surface area contributed by atoms with E-state index in [1.54, 1.807) is 0 Å². The van der Waals surface area contributed by atoms with Crippen LogP contribution in [0, 0.1) is 0 Å². The number of hydrogen-bond donors (Lipinski definition) is 3. The predicted octanol–water partition coefficient (Wildman–Crippen LogP) is -0.829. The lowest BCUT2D eigenvalue weighted by molar-refractivity contribution is -0.128. The van der Waals surface area contributed by atoms with Crippen LogP contribution in [-0.4, -0.2) is 34.5 Å². The van der Waals surface area contributed by atoms with Crippen LogP contribution in [0.1, 0.15) is 12.8 Å². The van der Waals surface area contributed by atoms with Crippen LogP contribution < -0.4 is 5.43 Å². The number of carboxylic acid groups (broad SMARTS) is 1. The molecule has 0 heterocycles. The number of rotatable bonds is 4. The minimum absolute atomic E-state index is 0.330. The molecule has 62 valence electrons. The Morgan fingerprint density at radius 3 is 2.82 bits per heavy atom. The molecule has 0 amide bonds. The average Bonchev–Trinajstić information content (AvgIpc) is 2.62. The molecule has 1 fully saturated rings. The summed E-state index contributed by atoms with van der Waals surface area (Å²) in [6.45, 7) is 0.330. The quantitative estimate of drug-likeness (QED) is 0.368. The molecule has 0 aromatic rings. The van der Waals surface area contributed by atoms with E-state index in [9.17, 15) is 9.90 Å². The lowest BCUT2D eigenvalue weighted by Crippen LogP contribution is -2.24. The van der Waals surface area contributed by atoms with Crippen molar-refractivity contribution in [1.82, 2.24) is 5.43 Å². The number of hydrazone groups is 1. The lowest BCUT2D eigenvalue weighted by atomic mass is 10.3. The van der Waals surface area contributed by atoms with E-state index < -0.39 is 11.6 Å². The Balaban J connectivity index is 2.08. The predicted molar refractivity (Wildman–Crippen MR) is 38.3 cm³/mol. The largest absolute Gasteiger partial charge is 0.477 e. The Bertz CT molecular complexity index is 186.